The van der Waals surface area contributed by atoms with Crippen LogP contribution in [-0.4, -0.2) is 13.1 Å². The molecule has 0 amide bonds. The van der Waals surface area contributed by atoms with Gasteiger partial charge in [-0.2, -0.15) is 12.6 Å². The second kappa shape index (κ2) is 4.33. The average molecular weight is 196 g/mol. The Morgan fingerprint density at radius 3 is 2.69 bits per heavy atom. The summed E-state index contributed by atoms with van der Waals surface area (Å²) >= 11 is 4.15. The Morgan fingerprint density at radius 2 is 2.23 bits per heavy atom. The van der Waals surface area contributed by atoms with E-state index >= 15 is 0 Å². The third-order valence-corrected chi connectivity index (χ3v) is 2.24. The molecule has 0 N–H and O–H groups in total. The Kier molecular flexibility index (Phi) is 3.37. The molecule has 0 aliphatic rings. The van der Waals surface area contributed by atoms with Crippen LogP contribution in [0.3, 0.4) is 0 Å². The van der Waals surface area contributed by atoms with E-state index in [-0.39, 0.29) is 5.97 Å². The van der Waals surface area contributed by atoms with Gasteiger partial charge in [-0.25, -0.2) is 4.79 Å². The van der Waals surface area contributed by atoms with E-state index in [1.54, 1.807) is 6.07 Å². The van der Waals surface area contributed by atoms with Crippen LogP contribution in [0.1, 0.15) is 21.5 Å². The molecular weight excluding hydrogens is 184 g/mol. The van der Waals surface area contributed by atoms with E-state index in [0.29, 0.717) is 11.3 Å². The van der Waals surface area contributed by atoms with Gasteiger partial charge in [0.1, 0.15) is 0 Å². The fraction of sp³-hybridized carbons (Fsp3) is 0.300. The van der Waals surface area contributed by atoms with Crippen molar-refractivity contribution >= 4 is 18.6 Å². The van der Waals surface area contributed by atoms with E-state index in [1.165, 1.54) is 7.11 Å². The smallest absolute Gasteiger partial charge is 0.338 e. The largest absolute Gasteiger partial charge is 0.465 e. The first-order valence-electron chi connectivity index (χ1n) is 3.97. The molecule has 3 heteroatoms. The predicted octanol–water partition coefficient (Wildman–Crippen LogP) is 2.21. The molecule has 0 unspecified atom stereocenters. The zero-order valence-electron chi connectivity index (χ0n) is 7.70. The molecule has 0 fully saturated rings. The van der Waals surface area contributed by atoms with Crippen molar-refractivity contribution < 1.29 is 9.53 Å². The van der Waals surface area contributed by atoms with E-state index in [0.717, 1.165) is 11.1 Å². The molecule has 1 aromatic rings. The van der Waals surface area contributed by atoms with Crippen LogP contribution in [0.5, 0.6) is 0 Å². The van der Waals surface area contributed by atoms with Crippen molar-refractivity contribution in [2.24, 2.45) is 0 Å². The number of benzene rings is 1. The molecule has 1 rings (SSSR count). The van der Waals surface area contributed by atoms with E-state index < -0.39 is 0 Å². The summed E-state index contributed by atoms with van der Waals surface area (Å²) in [6.45, 7) is 1.89. The standard InChI is InChI=1S/C10H12O2S/c1-7-5-8(6-13)3-4-9(7)10(11)12-2/h3-5,13H,6H2,1-2H3. The molecule has 0 spiro atoms. The molecule has 13 heavy (non-hydrogen) atoms. The summed E-state index contributed by atoms with van der Waals surface area (Å²) in [6, 6.07) is 5.60. The van der Waals surface area contributed by atoms with Gasteiger partial charge >= 0.3 is 5.97 Å². The Labute approximate surface area is 83.3 Å². The minimum Gasteiger partial charge on any atom is -0.465 e. The first-order valence-corrected chi connectivity index (χ1v) is 4.61. The number of carbonyl (C=O) groups is 1. The van der Waals surface area contributed by atoms with Crippen LogP contribution >= 0.6 is 12.6 Å². The highest BCUT2D eigenvalue weighted by Gasteiger charge is 2.08. The normalized spacial score (nSPS) is 9.77. The van der Waals surface area contributed by atoms with Crippen LogP contribution in [0.4, 0.5) is 0 Å². The topological polar surface area (TPSA) is 26.3 Å². The molecule has 0 saturated heterocycles. The summed E-state index contributed by atoms with van der Waals surface area (Å²) in [6.07, 6.45) is 0. The molecule has 0 atom stereocenters. The zero-order valence-corrected chi connectivity index (χ0v) is 8.60. The van der Waals surface area contributed by atoms with E-state index in [4.69, 9.17) is 0 Å². The van der Waals surface area contributed by atoms with Gasteiger partial charge < -0.3 is 4.74 Å². The highest BCUT2D eigenvalue weighted by atomic mass is 32.1. The van der Waals surface area contributed by atoms with Crippen molar-refractivity contribution in [1.82, 2.24) is 0 Å². The summed E-state index contributed by atoms with van der Waals surface area (Å²) in [5, 5.41) is 0. The molecule has 0 aromatic heterocycles. The van der Waals surface area contributed by atoms with Crippen LogP contribution in [0.2, 0.25) is 0 Å². The maximum Gasteiger partial charge on any atom is 0.338 e. The summed E-state index contributed by atoms with van der Waals surface area (Å²) < 4.78 is 4.63. The maximum absolute atomic E-state index is 11.2. The fourth-order valence-corrected chi connectivity index (χ4v) is 1.36. The van der Waals surface area contributed by atoms with Gasteiger partial charge in [0.05, 0.1) is 12.7 Å². The fourth-order valence-electron chi connectivity index (χ4n) is 1.16. The average Bonchev–Trinajstić information content (AvgIpc) is 2.16. The third-order valence-electron chi connectivity index (χ3n) is 1.88. The molecule has 0 aliphatic carbocycles. The van der Waals surface area contributed by atoms with Crippen molar-refractivity contribution in [3.05, 3.63) is 34.9 Å². The summed E-state index contributed by atoms with van der Waals surface area (Å²) in [7, 11) is 1.38. The van der Waals surface area contributed by atoms with Crippen molar-refractivity contribution in [1.29, 1.82) is 0 Å². The highest BCUT2D eigenvalue weighted by molar-refractivity contribution is 7.79. The number of carbonyl (C=O) groups excluding carboxylic acids is 1. The number of methoxy groups -OCH3 is 1. The van der Waals surface area contributed by atoms with E-state index in [9.17, 15) is 4.79 Å². The Hall–Kier alpha value is -0.960. The Balaban J connectivity index is 3.05. The third kappa shape index (κ3) is 2.25. The van der Waals surface area contributed by atoms with Crippen molar-refractivity contribution in [2.75, 3.05) is 7.11 Å². The summed E-state index contributed by atoms with van der Waals surface area (Å²) in [5.41, 5.74) is 2.65. The lowest BCUT2D eigenvalue weighted by molar-refractivity contribution is 0.0600. The number of hydrogen-bond acceptors (Lipinski definition) is 3. The van der Waals surface area contributed by atoms with Crippen molar-refractivity contribution in [3.63, 3.8) is 0 Å². The Morgan fingerprint density at radius 1 is 1.54 bits per heavy atom. The van der Waals surface area contributed by atoms with Crippen molar-refractivity contribution in [3.8, 4) is 0 Å². The molecular formula is C10H12O2S. The molecule has 0 radical (unpaired) electrons. The summed E-state index contributed by atoms with van der Waals surface area (Å²) in [4.78, 5) is 11.2. The van der Waals surface area contributed by atoms with Gasteiger partial charge in [0.15, 0.2) is 0 Å². The number of aryl methyl sites for hydroxylation is 1. The molecule has 0 bridgehead atoms. The quantitative estimate of drug-likeness (QED) is 0.580. The molecule has 2 nitrogen and oxygen atoms in total. The van der Waals surface area contributed by atoms with Crippen LogP contribution in [0.15, 0.2) is 18.2 Å². The van der Waals surface area contributed by atoms with Gasteiger partial charge in [-0.05, 0) is 24.1 Å². The lowest BCUT2D eigenvalue weighted by Crippen LogP contribution is -2.03. The first kappa shape index (κ1) is 10.1. The minimum absolute atomic E-state index is 0.289. The monoisotopic (exact) mass is 196 g/mol. The van der Waals surface area contributed by atoms with Gasteiger partial charge in [0, 0.05) is 5.75 Å². The molecule has 70 valence electrons. The number of esters is 1. The zero-order chi connectivity index (χ0) is 9.84. The number of hydrogen-bond donors (Lipinski definition) is 1. The molecule has 0 saturated carbocycles. The SMILES string of the molecule is COC(=O)c1ccc(CS)cc1C. The number of rotatable bonds is 2. The Bertz CT molecular complexity index is 321. The predicted molar refractivity (Wildman–Crippen MR) is 55.2 cm³/mol. The van der Waals surface area contributed by atoms with Gasteiger partial charge in [-0.3, -0.25) is 0 Å². The van der Waals surface area contributed by atoms with Crippen LogP contribution < -0.4 is 0 Å². The molecule has 0 heterocycles. The van der Waals surface area contributed by atoms with Gasteiger partial charge in [-0.15, -0.1) is 0 Å². The number of ether oxygens (including phenoxy) is 1. The lowest BCUT2D eigenvalue weighted by atomic mass is 10.1. The first-order chi connectivity index (χ1) is 6.19. The van der Waals surface area contributed by atoms with E-state index in [1.807, 2.05) is 19.1 Å². The minimum atomic E-state index is -0.289. The van der Waals surface area contributed by atoms with Crippen LogP contribution in [-0.2, 0) is 10.5 Å². The highest BCUT2D eigenvalue weighted by Crippen LogP contribution is 2.13. The van der Waals surface area contributed by atoms with Crippen molar-refractivity contribution in [2.45, 2.75) is 12.7 Å². The van der Waals surface area contributed by atoms with Gasteiger partial charge in [0.2, 0.25) is 0 Å². The van der Waals surface area contributed by atoms with E-state index in [2.05, 4.69) is 17.4 Å². The molecule has 0 aliphatic heterocycles. The molecule has 1 aromatic carbocycles. The van der Waals surface area contributed by atoms with Crippen LogP contribution in [0, 0.1) is 6.92 Å². The second-order valence-corrected chi connectivity index (χ2v) is 3.12. The summed E-state index contributed by atoms with van der Waals surface area (Å²) in [5.74, 6) is 0.394. The van der Waals surface area contributed by atoms with Gasteiger partial charge in [-0.1, -0.05) is 12.1 Å². The maximum atomic E-state index is 11.2. The second-order valence-electron chi connectivity index (χ2n) is 2.80. The number of thiol groups is 1. The lowest BCUT2D eigenvalue weighted by Gasteiger charge is -2.04. The van der Waals surface area contributed by atoms with Gasteiger partial charge in [0.25, 0.3) is 0 Å². The van der Waals surface area contributed by atoms with Crippen LogP contribution in [0.25, 0.3) is 0 Å².